The molecule has 3 heterocycles. The standard InChI is InChI=1S/C28H29NO4/c1-26-8-6-19-13-21-24(31)25(32)22(30)14-27(21)9-10-28(19,33-27)23(26)5-4-20(26)17-3-2-16-7-11-29-15-18(16)12-17/h2-3,6-7,11-13,15,20,23-25,31-32H,4-5,8-10,14H2,1H3/t20-,23-,24+,25-,26-,27-,28-/m1/s1. The van der Waals surface area contributed by atoms with E-state index in [0.29, 0.717) is 17.4 Å². The van der Waals surface area contributed by atoms with E-state index >= 15 is 0 Å². The van der Waals surface area contributed by atoms with Crippen LogP contribution in [0.15, 0.2) is 60.0 Å². The fraction of sp³-hybridized carbons (Fsp3) is 0.500. The molecule has 1 aromatic carbocycles. The van der Waals surface area contributed by atoms with Crippen LogP contribution in [-0.4, -0.2) is 44.4 Å². The van der Waals surface area contributed by atoms with E-state index in [1.807, 2.05) is 12.4 Å². The van der Waals surface area contributed by atoms with E-state index in [-0.39, 0.29) is 17.6 Å². The Bertz CT molecular complexity index is 1270. The van der Waals surface area contributed by atoms with Crippen LogP contribution in [0.2, 0.25) is 0 Å². The Balaban J connectivity index is 1.31. The van der Waals surface area contributed by atoms with Crippen molar-refractivity contribution in [3.05, 3.63) is 65.5 Å². The first-order valence-corrected chi connectivity index (χ1v) is 12.2. The molecule has 3 fully saturated rings. The zero-order valence-corrected chi connectivity index (χ0v) is 18.8. The third-order valence-electron chi connectivity index (χ3n) is 9.74. The van der Waals surface area contributed by atoms with Gasteiger partial charge in [0.15, 0.2) is 5.78 Å². The molecule has 2 aromatic rings. The smallest absolute Gasteiger partial charge is 0.167 e. The molecule has 0 radical (unpaired) electrons. The van der Waals surface area contributed by atoms with E-state index in [0.717, 1.165) is 37.7 Å². The number of benzene rings is 1. The number of rotatable bonds is 1. The van der Waals surface area contributed by atoms with Gasteiger partial charge in [-0.05, 0) is 83.6 Å². The summed E-state index contributed by atoms with van der Waals surface area (Å²) in [7, 11) is 0. The van der Waals surface area contributed by atoms with Gasteiger partial charge in [-0.15, -0.1) is 0 Å². The summed E-state index contributed by atoms with van der Waals surface area (Å²) in [6.07, 6.45) is 10.6. The first kappa shape index (κ1) is 20.1. The monoisotopic (exact) mass is 443 g/mol. The second-order valence-electron chi connectivity index (χ2n) is 11.2. The van der Waals surface area contributed by atoms with Gasteiger partial charge in [0.2, 0.25) is 0 Å². The lowest BCUT2D eigenvalue weighted by Crippen LogP contribution is -2.58. The summed E-state index contributed by atoms with van der Waals surface area (Å²) in [5.41, 5.74) is 2.14. The van der Waals surface area contributed by atoms with E-state index in [9.17, 15) is 15.0 Å². The molecule has 2 bridgehead atoms. The molecule has 5 heteroatoms. The number of Topliss-reactive ketones (excluding diaryl/α,β-unsaturated/α-hetero) is 1. The number of hydrogen-bond acceptors (Lipinski definition) is 5. The van der Waals surface area contributed by atoms with Crippen LogP contribution in [0.1, 0.15) is 56.9 Å². The number of aliphatic hydroxyl groups excluding tert-OH is 2. The lowest BCUT2D eigenvalue weighted by atomic mass is 9.58. The maximum absolute atomic E-state index is 12.5. The Kier molecular flexibility index (Phi) is 3.90. The Morgan fingerprint density at radius 3 is 2.85 bits per heavy atom. The molecule has 2 spiro atoms. The van der Waals surface area contributed by atoms with Crippen molar-refractivity contribution in [2.24, 2.45) is 11.3 Å². The third kappa shape index (κ3) is 2.43. The molecule has 33 heavy (non-hydrogen) atoms. The average Bonchev–Trinajstić information content (AvgIpc) is 3.33. The van der Waals surface area contributed by atoms with E-state index in [1.165, 1.54) is 16.3 Å². The van der Waals surface area contributed by atoms with Crippen LogP contribution < -0.4 is 0 Å². The molecule has 3 aliphatic carbocycles. The highest BCUT2D eigenvalue weighted by molar-refractivity contribution is 5.88. The molecule has 2 aliphatic heterocycles. The van der Waals surface area contributed by atoms with Crippen LogP contribution >= 0.6 is 0 Å². The second kappa shape index (κ2) is 6.41. The summed E-state index contributed by atoms with van der Waals surface area (Å²) in [5, 5.41) is 23.3. The van der Waals surface area contributed by atoms with Crippen molar-refractivity contribution in [2.45, 2.75) is 74.8 Å². The highest BCUT2D eigenvalue weighted by Gasteiger charge is 2.68. The van der Waals surface area contributed by atoms with Gasteiger partial charge < -0.3 is 14.9 Å². The predicted molar refractivity (Wildman–Crippen MR) is 124 cm³/mol. The highest BCUT2D eigenvalue weighted by Crippen LogP contribution is 2.69. The molecule has 1 saturated heterocycles. The lowest BCUT2D eigenvalue weighted by Gasteiger charge is -2.54. The first-order valence-electron chi connectivity index (χ1n) is 12.2. The predicted octanol–water partition coefficient (Wildman–Crippen LogP) is 3.99. The zero-order valence-electron chi connectivity index (χ0n) is 18.8. The number of nitrogens with zero attached hydrogens (tertiary/aromatic N) is 1. The summed E-state index contributed by atoms with van der Waals surface area (Å²) in [4.78, 5) is 16.8. The Morgan fingerprint density at radius 1 is 1.09 bits per heavy atom. The van der Waals surface area contributed by atoms with Gasteiger partial charge in [-0.3, -0.25) is 9.78 Å². The van der Waals surface area contributed by atoms with Crippen molar-refractivity contribution in [1.82, 2.24) is 4.98 Å². The maximum atomic E-state index is 12.5. The number of pyridine rings is 1. The molecule has 0 unspecified atom stereocenters. The number of aromatic nitrogens is 1. The molecule has 5 aliphatic rings. The number of aliphatic hydroxyl groups is 2. The quantitative estimate of drug-likeness (QED) is 0.697. The number of hydrogen-bond donors (Lipinski definition) is 2. The molecule has 170 valence electrons. The Hall–Kier alpha value is -2.34. The lowest BCUT2D eigenvalue weighted by molar-refractivity contribution is -0.164. The second-order valence-corrected chi connectivity index (χ2v) is 11.2. The minimum atomic E-state index is -1.34. The van der Waals surface area contributed by atoms with Crippen LogP contribution in [0, 0.1) is 11.3 Å². The van der Waals surface area contributed by atoms with E-state index in [4.69, 9.17) is 4.74 Å². The van der Waals surface area contributed by atoms with Crippen molar-refractivity contribution in [3.8, 4) is 0 Å². The molecule has 0 amide bonds. The van der Waals surface area contributed by atoms with Gasteiger partial charge in [-0.2, -0.15) is 0 Å². The summed E-state index contributed by atoms with van der Waals surface area (Å²) in [5.74, 6) is 0.484. The molecule has 5 nitrogen and oxygen atoms in total. The van der Waals surface area contributed by atoms with Crippen LogP contribution in [0.3, 0.4) is 0 Å². The van der Waals surface area contributed by atoms with Crippen molar-refractivity contribution in [2.75, 3.05) is 0 Å². The van der Waals surface area contributed by atoms with Crippen molar-refractivity contribution < 1.29 is 19.7 Å². The van der Waals surface area contributed by atoms with E-state index in [2.05, 4.69) is 48.3 Å². The van der Waals surface area contributed by atoms with Crippen LogP contribution in [0.5, 0.6) is 0 Å². The molecule has 7 atom stereocenters. The average molecular weight is 444 g/mol. The number of carbonyl (C=O) groups excluding carboxylic acids is 1. The van der Waals surface area contributed by atoms with Crippen molar-refractivity contribution >= 4 is 16.6 Å². The summed E-state index contributed by atoms with van der Waals surface area (Å²) >= 11 is 0. The zero-order chi connectivity index (χ0) is 22.6. The number of carbonyl (C=O) groups is 1. The van der Waals surface area contributed by atoms with Crippen molar-refractivity contribution in [1.29, 1.82) is 0 Å². The number of allylic oxidation sites excluding steroid dienone is 1. The van der Waals surface area contributed by atoms with Gasteiger partial charge in [0, 0.05) is 24.2 Å². The fourth-order valence-corrected chi connectivity index (χ4v) is 8.14. The highest BCUT2D eigenvalue weighted by atomic mass is 16.5. The molecular weight excluding hydrogens is 414 g/mol. The van der Waals surface area contributed by atoms with Crippen molar-refractivity contribution in [3.63, 3.8) is 0 Å². The fourth-order valence-electron chi connectivity index (χ4n) is 8.14. The Morgan fingerprint density at radius 2 is 1.97 bits per heavy atom. The van der Waals surface area contributed by atoms with Gasteiger partial charge in [-0.1, -0.05) is 31.2 Å². The minimum absolute atomic E-state index is 0.0626. The van der Waals surface area contributed by atoms with E-state index in [1.54, 1.807) is 0 Å². The van der Waals surface area contributed by atoms with Crippen LogP contribution in [-0.2, 0) is 9.53 Å². The van der Waals surface area contributed by atoms with Gasteiger partial charge in [-0.25, -0.2) is 0 Å². The molecule has 1 aromatic heterocycles. The molecular formula is C28H29NO4. The van der Waals surface area contributed by atoms with Gasteiger partial charge in [0.1, 0.15) is 17.8 Å². The summed E-state index contributed by atoms with van der Waals surface area (Å²) in [6.45, 7) is 2.42. The van der Waals surface area contributed by atoms with Crippen LogP contribution in [0.4, 0.5) is 0 Å². The minimum Gasteiger partial charge on any atom is -0.385 e. The first-order chi connectivity index (χ1) is 15.9. The normalized spacial score (nSPS) is 43.5. The maximum Gasteiger partial charge on any atom is 0.167 e. The number of ether oxygens (including phenoxy) is 1. The van der Waals surface area contributed by atoms with Gasteiger partial charge >= 0.3 is 0 Å². The largest absolute Gasteiger partial charge is 0.385 e. The molecule has 2 N–H and O–H groups in total. The Labute approximate surface area is 193 Å². The van der Waals surface area contributed by atoms with Crippen LogP contribution in [0.25, 0.3) is 10.8 Å². The van der Waals surface area contributed by atoms with Gasteiger partial charge in [0.25, 0.3) is 0 Å². The molecule has 2 saturated carbocycles. The summed E-state index contributed by atoms with van der Waals surface area (Å²) in [6, 6.07) is 8.86. The third-order valence-corrected chi connectivity index (χ3v) is 9.74. The number of fused-ring (bicyclic) bond motifs is 2. The SMILES string of the molecule is C[C@]12CC=C3C=C4[C@H](O)[C@H](O)C(=O)C[C@]45CC[C@]3(O5)[C@@H]1CC[C@@H]2c1ccc2ccncc2c1. The summed E-state index contributed by atoms with van der Waals surface area (Å²) < 4.78 is 6.96. The van der Waals surface area contributed by atoms with Gasteiger partial charge in [0.05, 0.1) is 5.60 Å². The number of ketones is 1. The molecule has 7 rings (SSSR count). The van der Waals surface area contributed by atoms with E-state index < -0.39 is 23.4 Å². The topological polar surface area (TPSA) is 79.7 Å².